The van der Waals surface area contributed by atoms with Crippen molar-refractivity contribution >= 4 is 0 Å². The summed E-state index contributed by atoms with van der Waals surface area (Å²) in [7, 11) is 0. The Morgan fingerprint density at radius 3 is 2.62 bits per heavy atom. The fraction of sp³-hybridized carbons (Fsp3) is 1.00. The fourth-order valence-corrected chi connectivity index (χ4v) is 3.36. The molecular formula is C14H28N2. The summed E-state index contributed by atoms with van der Waals surface area (Å²) in [6.07, 6.45) is 8.46. The summed E-state index contributed by atoms with van der Waals surface area (Å²) in [6, 6.07) is 0.931. The Kier molecular flexibility index (Phi) is 4.26. The summed E-state index contributed by atoms with van der Waals surface area (Å²) in [6.45, 7) is 9.74. The molecule has 94 valence electrons. The Hall–Kier alpha value is -0.0800. The van der Waals surface area contributed by atoms with Gasteiger partial charge in [0.25, 0.3) is 0 Å². The van der Waals surface area contributed by atoms with Crippen LogP contribution in [0.1, 0.15) is 52.4 Å². The smallest absolute Gasteiger partial charge is 0.00965 e. The van der Waals surface area contributed by atoms with Gasteiger partial charge in [0, 0.05) is 19.1 Å². The van der Waals surface area contributed by atoms with Crippen LogP contribution in [0.15, 0.2) is 0 Å². The molecule has 0 aromatic rings. The van der Waals surface area contributed by atoms with Crippen LogP contribution in [0.2, 0.25) is 0 Å². The van der Waals surface area contributed by atoms with Crippen LogP contribution in [0.4, 0.5) is 0 Å². The number of hydrogen-bond donors (Lipinski definition) is 1. The molecule has 1 unspecified atom stereocenters. The van der Waals surface area contributed by atoms with Gasteiger partial charge in [-0.1, -0.05) is 20.3 Å². The largest absolute Gasteiger partial charge is 0.316 e. The van der Waals surface area contributed by atoms with Gasteiger partial charge in [0.2, 0.25) is 0 Å². The van der Waals surface area contributed by atoms with Gasteiger partial charge in [0.15, 0.2) is 0 Å². The minimum absolute atomic E-state index is 0.589. The molecule has 2 fully saturated rings. The van der Waals surface area contributed by atoms with E-state index in [0.29, 0.717) is 5.41 Å². The van der Waals surface area contributed by atoms with Crippen LogP contribution in [-0.2, 0) is 0 Å². The maximum absolute atomic E-state index is 3.62. The Morgan fingerprint density at radius 2 is 2.12 bits per heavy atom. The van der Waals surface area contributed by atoms with Gasteiger partial charge in [-0.25, -0.2) is 0 Å². The lowest BCUT2D eigenvalue weighted by Crippen LogP contribution is -2.48. The summed E-state index contributed by atoms with van der Waals surface area (Å²) in [4.78, 5) is 2.74. The van der Waals surface area contributed by atoms with Gasteiger partial charge in [0.1, 0.15) is 0 Å². The number of piperidine rings is 1. The Labute approximate surface area is 101 Å². The Bertz CT molecular complexity index is 199. The predicted molar refractivity (Wildman–Crippen MR) is 69.7 cm³/mol. The molecular weight excluding hydrogens is 196 g/mol. The van der Waals surface area contributed by atoms with Crippen LogP contribution in [-0.4, -0.2) is 37.1 Å². The lowest BCUT2D eigenvalue weighted by molar-refractivity contribution is 0.104. The highest BCUT2D eigenvalue weighted by Crippen LogP contribution is 2.36. The van der Waals surface area contributed by atoms with E-state index in [0.717, 1.165) is 6.04 Å². The van der Waals surface area contributed by atoms with Gasteiger partial charge in [0.05, 0.1) is 0 Å². The second-order valence-electron chi connectivity index (χ2n) is 5.82. The van der Waals surface area contributed by atoms with E-state index in [9.17, 15) is 0 Å². The second kappa shape index (κ2) is 5.50. The maximum atomic E-state index is 3.62. The van der Waals surface area contributed by atoms with Crippen molar-refractivity contribution in [2.75, 3.05) is 26.2 Å². The van der Waals surface area contributed by atoms with Crippen LogP contribution in [0, 0.1) is 5.41 Å². The van der Waals surface area contributed by atoms with Crippen LogP contribution in [0.5, 0.6) is 0 Å². The monoisotopic (exact) mass is 224 g/mol. The van der Waals surface area contributed by atoms with E-state index in [1.165, 1.54) is 64.7 Å². The van der Waals surface area contributed by atoms with E-state index in [1.54, 1.807) is 0 Å². The van der Waals surface area contributed by atoms with Crippen molar-refractivity contribution in [3.8, 4) is 0 Å². The fourth-order valence-electron chi connectivity index (χ4n) is 3.36. The Morgan fingerprint density at radius 1 is 1.31 bits per heavy atom. The van der Waals surface area contributed by atoms with Gasteiger partial charge in [-0.2, -0.15) is 0 Å². The van der Waals surface area contributed by atoms with Gasteiger partial charge in [-0.3, -0.25) is 0 Å². The molecule has 2 rings (SSSR count). The lowest BCUT2D eigenvalue weighted by Gasteiger charge is -2.41. The van der Waals surface area contributed by atoms with Crippen LogP contribution in [0.25, 0.3) is 0 Å². The molecule has 0 bridgehead atoms. The van der Waals surface area contributed by atoms with Crippen molar-refractivity contribution in [3.63, 3.8) is 0 Å². The van der Waals surface area contributed by atoms with Gasteiger partial charge in [-0.15, -0.1) is 0 Å². The highest BCUT2D eigenvalue weighted by Gasteiger charge is 2.37. The first kappa shape index (κ1) is 12.4. The minimum atomic E-state index is 0.589. The molecule has 1 saturated carbocycles. The standard InChI is InChI=1S/C14H28N2/c1-3-8-14(9-5-10-15-11-14)12-16(4-2)13-6-7-13/h13,15H,3-12H2,1-2H3. The van der Waals surface area contributed by atoms with E-state index in [-0.39, 0.29) is 0 Å². The van der Waals surface area contributed by atoms with Gasteiger partial charge < -0.3 is 10.2 Å². The lowest BCUT2D eigenvalue weighted by atomic mass is 9.76. The zero-order valence-corrected chi connectivity index (χ0v) is 11.1. The molecule has 1 atom stereocenters. The topological polar surface area (TPSA) is 15.3 Å². The van der Waals surface area contributed by atoms with Crippen molar-refractivity contribution in [3.05, 3.63) is 0 Å². The van der Waals surface area contributed by atoms with Crippen LogP contribution in [0.3, 0.4) is 0 Å². The third-order valence-corrected chi connectivity index (χ3v) is 4.35. The first-order valence-corrected chi connectivity index (χ1v) is 7.24. The van der Waals surface area contributed by atoms with E-state index < -0.39 is 0 Å². The summed E-state index contributed by atoms with van der Waals surface area (Å²) in [5.41, 5.74) is 0.589. The molecule has 1 aliphatic carbocycles. The number of hydrogen-bond acceptors (Lipinski definition) is 2. The molecule has 0 aromatic heterocycles. The quantitative estimate of drug-likeness (QED) is 0.746. The van der Waals surface area contributed by atoms with Crippen molar-refractivity contribution in [2.24, 2.45) is 5.41 Å². The first-order chi connectivity index (χ1) is 7.79. The summed E-state index contributed by atoms with van der Waals surface area (Å²) in [5, 5.41) is 3.62. The maximum Gasteiger partial charge on any atom is 0.00965 e. The van der Waals surface area contributed by atoms with Crippen LogP contribution >= 0.6 is 0 Å². The molecule has 16 heavy (non-hydrogen) atoms. The Balaban J connectivity index is 1.94. The minimum Gasteiger partial charge on any atom is -0.316 e. The van der Waals surface area contributed by atoms with E-state index in [2.05, 4.69) is 24.1 Å². The summed E-state index contributed by atoms with van der Waals surface area (Å²) in [5.74, 6) is 0. The number of nitrogens with one attached hydrogen (secondary N) is 1. The molecule has 0 amide bonds. The highest BCUT2D eigenvalue weighted by molar-refractivity contribution is 4.92. The molecule has 1 heterocycles. The molecule has 2 aliphatic rings. The molecule has 2 nitrogen and oxygen atoms in total. The summed E-state index contributed by atoms with van der Waals surface area (Å²) < 4.78 is 0. The molecule has 1 aliphatic heterocycles. The van der Waals surface area contributed by atoms with Gasteiger partial charge in [-0.05, 0) is 50.6 Å². The molecule has 0 radical (unpaired) electrons. The second-order valence-corrected chi connectivity index (χ2v) is 5.82. The van der Waals surface area contributed by atoms with Crippen LogP contribution < -0.4 is 5.32 Å². The average molecular weight is 224 g/mol. The molecule has 1 saturated heterocycles. The zero-order valence-electron chi connectivity index (χ0n) is 11.1. The molecule has 1 N–H and O–H groups in total. The molecule has 0 spiro atoms. The first-order valence-electron chi connectivity index (χ1n) is 7.24. The van der Waals surface area contributed by atoms with Crippen molar-refractivity contribution in [1.29, 1.82) is 0 Å². The van der Waals surface area contributed by atoms with Crippen molar-refractivity contribution in [2.45, 2.75) is 58.4 Å². The van der Waals surface area contributed by atoms with E-state index in [1.807, 2.05) is 0 Å². The van der Waals surface area contributed by atoms with Gasteiger partial charge >= 0.3 is 0 Å². The SMILES string of the molecule is CCCC1(CN(CC)C2CC2)CCCNC1. The summed E-state index contributed by atoms with van der Waals surface area (Å²) >= 11 is 0. The highest BCUT2D eigenvalue weighted by atomic mass is 15.2. The third-order valence-electron chi connectivity index (χ3n) is 4.35. The van der Waals surface area contributed by atoms with Crippen molar-refractivity contribution < 1.29 is 0 Å². The molecule has 2 heteroatoms. The normalized spacial score (nSPS) is 30.9. The number of rotatable bonds is 6. The zero-order chi connectivity index (χ0) is 11.4. The molecule has 0 aromatic carbocycles. The van der Waals surface area contributed by atoms with E-state index in [4.69, 9.17) is 0 Å². The third kappa shape index (κ3) is 2.98. The average Bonchev–Trinajstić information content (AvgIpc) is 3.12. The predicted octanol–water partition coefficient (Wildman–Crippen LogP) is 2.64. The van der Waals surface area contributed by atoms with Crippen molar-refractivity contribution in [1.82, 2.24) is 10.2 Å². The van der Waals surface area contributed by atoms with E-state index >= 15 is 0 Å². The number of nitrogens with zero attached hydrogens (tertiary/aromatic N) is 1.